The Balaban J connectivity index is 1.97. The summed E-state index contributed by atoms with van der Waals surface area (Å²) >= 11 is 5.96. The van der Waals surface area contributed by atoms with Crippen molar-refractivity contribution in [3.8, 4) is 5.75 Å². The Morgan fingerprint density at radius 1 is 1.15 bits per heavy atom. The van der Waals surface area contributed by atoms with Gasteiger partial charge in [-0.2, -0.15) is 0 Å². The number of fused-ring (bicyclic) bond motifs is 1. The molecule has 0 atom stereocenters. The number of ether oxygens (including phenoxy) is 1. The van der Waals surface area contributed by atoms with Gasteiger partial charge in [0.2, 0.25) is 0 Å². The minimum Gasteiger partial charge on any atom is -0.497 e. The van der Waals surface area contributed by atoms with Crippen molar-refractivity contribution >= 4 is 22.5 Å². The summed E-state index contributed by atoms with van der Waals surface area (Å²) in [4.78, 5) is 0. The third kappa shape index (κ3) is 2.37. The lowest BCUT2D eigenvalue weighted by Crippen LogP contribution is -2.00. The number of methoxy groups -OCH3 is 1. The van der Waals surface area contributed by atoms with E-state index < -0.39 is 0 Å². The molecule has 4 heteroatoms. The van der Waals surface area contributed by atoms with Crippen LogP contribution >= 0.6 is 11.6 Å². The number of rotatable bonds is 3. The molecule has 0 N–H and O–H groups in total. The van der Waals surface area contributed by atoms with Gasteiger partial charge in [-0.15, -0.1) is 0 Å². The van der Waals surface area contributed by atoms with Crippen LogP contribution in [0.5, 0.6) is 5.75 Å². The zero-order chi connectivity index (χ0) is 14.1. The molecule has 0 fully saturated rings. The second kappa shape index (κ2) is 5.17. The van der Waals surface area contributed by atoms with Crippen molar-refractivity contribution in [2.75, 3.05) is 7.11 Å². The number of nitrogens with zero attached hydrogens (tertiary/aromatic N) is 1. The fraction of sp³-hybridized carbons (Fsp3) is 0.125. The molecule has 0 aliphatic rings. The first-order chi connectivity index (χ1) is 9.67. The molecule has 1 heterocycles. The molecular formula is C16H13ClFNO. The Bertz CT molecular complexity index is 766. The SMILES string of the molecule is COc1ccc(Cn2ccc3cc(Cl)ccc32)c(F)c1. The van der Waals surface area contributed by atoms with E-state index in [1.54, 1.807) is 12.1 Å². The van der Waals surface area contributed by atoms with Crippen molar-refractivity contribution in [2.24, 2.45) is 0 Å². The topological polar surface area (TPSA) is 14.2 Å². The van der Waals surface area contributed by atoms with Crippen LogP contribution in [0.1, 0.15) is 5.56 Å². The van der Waals surface area contributed by atoms with Gasteiger partial charge < -0.3 is 9.30 Å². The zero-order valence-electron chi connectivity index (χ0n) is 10.9. The maximum atomic E-state index is 14.0. The highest BCUT2D eigenvalue weighted by Crippen LogP contribution is 2.23. The van der Waals surface area contributed by atoms with Gasteiger partial charge in [0.05, 0.1) is 13.7 Å². The van der Waals surface area contributed by atoms with E-state index in [2.05, 4.69) is 0 Å². The van der Waals surface area contributed by atoms with E-state index in [1.807, 2.05) is 35.0 Å². The normalized spacial score (nSPS) is 10.9. The third-order valence-corrected chi connectivity index (χ3v) is 3.57. The first-order valence-corrected chi connectivity index (χ1v) is 6.62. The average Bonchev–Trinajstić information content (AvgIpc) is 2.83. The maximum absolute atomic E-state index is 14.0. The standard InChI is InChI=1S/C16H13ClFNO/c1-20-14-4-2-12(15(18)9-14)10-19-7-6-11-8-13(17)3-5-16(11)19/h2-9H,10H2,1H3. The molecule has 1 aromatic heterocycles. The lowest BCUT2D eigenvalue weighted by Gasteiger charge is -2.08. The smallest absolute Gasteiger partial charge is 0.131 e. The molecule has 0 saturated carbocycles. The molecule has 2 nitrogen and oxygen atoms in total. The molecule has 0 unspecified atom stereocenters. The second-order valence-electron chi connectivity index (χ2n) is 4.60. The van der Waals surface area contributed by atoms with Gasteiger partial charge in [-0.05, 0) is 30.3 Å². The molecule has 3 rings (SSSR count). The second-order valence-corrected chi connectivity index (χ2v) is 5.04. The lowest BCUT2D eigenvalue weighted by molar-refractivity contribution is 0.410. The van der Waals surface area contributed by atoms with E-state index in [4.69, 9.17) is 16.3 Å². The van der Waals surface area contributed by atoms with Gasteiger partial charge in [0.1, 0.15) is 11.6 Å². The first kappa shape index (κ1) is 13.0. The van der Waals surface area contributed by atoms with Crippen LogP contribution in [0.3, 0.4) is 0 Å². The van der Waals surface area contributed by atoms with Gasteiger partial charge >= 0.3 is 0 Å². The summed E-state index contributed by atoms with van der Waals surface area (Å²) in [7, 11) is 1.53. The van der Waals surface area contributed by atoms with Crippen LogP contribution in [-0.4, -0.2) is 11.7 Å². The van der Waals surface area contributed by atoms with Gasteiger partial charge in [0.15, 0.2) is 0 Å². The van der Waals surface area contributed by atoms with Crippen LogP contribution in [0.15, 0.2) is 48.7 Å². The highest BCUT2D eigenvalue weighted by atomic mass is 35.5. The number of benzene rings is 2. The molecule has 20 heavy (non-hydrogen) atoms. The predicted molar refractivity (Wildman–Crippen MR) is 79.0 cm³/mol. The Hall–Kier alpha value is -2.00. The first-order valence-electron chi connectivity index (χ1n) is 6.24. The maximum Gasteiger partial charge on any atom is 0.131 e. The zero-order valence-corrected chi connectivity index (χ0v) is 11.7. The van der Waals surface area contributed by atoms with Crippen LogP contribution < -0.4 is 4.74 Å². The molecule has 0 spiro atoms. The van der Waals surface area contributed by atoms with Crippen LogP contribution in [0, 0.1) is 5.82 Å². The van der Waals surface area contributed by atoms with Crippen molar-refractivity contribution in [2.45, 2.75) is 6.54 Å². The summed E-state index contributed by atoms with van der Waals surface area (Å²) < 4.78 is 21.0. The van der Waals surface area contributed by atoms with Crippen LogP contribution in [0.4, 0.5) is 4.39 Å². The van der Waals surface area contributed by atoms with Gasteiger partial charge in [-0.1, -0.05) is 17.7 Å². The number of hydrogen-bond donors (Lipinski definition) is 0. The molecular weight excluding hydrogens is 277 g/mol. The highest BCUT2D eigenvalue weighted by molar-refractivity contribution is 6.31. The fourth-order valence-corrected chi connectivity index (χ4v) is 2.46. The summed E-state index contributed by atoms with van der Waals surface area (Å²) in [6.45, 7) is 0.473. The molecule has 0 bridgehead atoms. The number of hydrogen-bond acceptors (Lipinski definition) is 1. The third-order valence-electron chi connectivity index (χ3n) is 3.33. The van der Waals surface area contributed by atoms with Crippen LogP contribution in [-0.2, 0) is 6.54 Å². The molecule has 0 saturated heterocycles. The Labute approximate surface area is 121 Å². The monoisotopic (exact) mass is 289 g/mol. The van der Waals surface area contributed by atoms with Crippen molar-refractivity contribution < 1.29 is 9.13 Å². The van der Waals surface area contributed by atoms with Crippen molar-refractivity contribution in [1.29, 1.82) is 0 Å². The van der Waals surface area contributed by atoms with E-state index in [0.29, 0.717) is 22.9 Å². The lowest BCUT2D eigenvalue weighted by atomic mass is 10.2. The molecule has 0 aliphatic heterocycles. The molecule has 2 aromatic carbocycles. The quantitative estimate of drug-likeness (QED) is 0.693. The van der Waals surface area contributed by atoms with E-state index >= 15 is 0 Å². The van der Waals surface area contributed by atoms with Gasteiger partial charge in [0, 0.05) is 33.8 Å². The molecule has 102 valence electrons. The van der Waals surface area contributed by atoms with Gasteiger partial charge in [-0.25, -0.2) is 4.39 Å². The van der Waals surface area contributed by atoms with Gasteiger partial charge in [-0.3, -0.25) is 0 Å². The van der Waals surface area contributed by atoms with E-state index in [9.17, 15) is 4.39 Å². The van der Waals surface area contributed by atoms with Crippen molar-refractivity contribution in [3.05, 3.63) is 65.1 Å². The molecule has 0 radical (unpaired) electrons. The summed E-state index contributed by atoms with van der Waals surface area (Å²) in [6.07, 6.45) is 1.94. The Kier molecular flexibility index (Phi) is 3.36. The van der Waals surface area contributed by atoms with Crippen LogP contribution in [0.25, 0.3) is 10.9 Å². The summed E-state index contributed by atoms with van der Waals surface area (Å²) in [5.74, 6) is 0.260. The Morgan fingerprint density at radius 3 is 2.75 bits per heavy atom. The number of aromatic nitrogens is 1. The predicted octanol–water partition coefficient (Wildman–Crippen LogP) is 4.49. The summed E-state index contributed by atoms with van der Waals surface area (Å²) in [6, 6.07) is 12.6. The molecule has 3 aromatic rings. The summed E-state index contributed by atoms with van der Waals surface area (Å²) in [5, 5.41) is 1.75. The molecule has 0 amide bonds. The van der Waals surface area contributed by atoms with Crippen LogP contribution in [0.2, 0.25) is 5.02 Å². The highest BCUT2D eigenvalue weighted by Gasteiger charge is 2.07. The molecule has 0 aliphatic carbocycles. The average molecular weight is 290 g/mol. The van der Waals surface area contributed by atoms with Crippen molar-refractivity contribution in [1.82, 2.24) is 4.57 Å². The van der Waals surface area contributed by atoms with E-state index in [0.717, 1.165) is 10.9 Å². The number of halogens is 2. The minimum absolute atomic E-state index is 0.264. The minimum atomic E-state index is -0.264. The van der Waals surface area contributed by atoms with E-state index in [-0.39, 0.29) is 5.82 Å². The Morgan fingerprint density at radius 2 is 2.00 bits per heavy atom. The van der Waals surface area contributed by atoms with Crippen molar-refractivity contribution in [3.63, 3.8) is 0 Å². The van der Waals surface area contributed by atoms with Gasteiger partial charge in [0.25, 0.3) is 0 Å². The van der Waals surface area contributed by atoms with E-state index in [1.165, 1.54) is 13.2 Å². The fourth-order valence-electron chi connectivity index (χ4n) is 2.28. The largest absolute Gasteiger partial charge is 0.497 e. The summed E-state index contributed by atoms with van der Waals surface area (Å²) in [5.41, 5.74) is 1.66.